The van der Waals surface area contributed by atoms with Gasteiger partial charge in [-0.1, -0.05) is 0 Å². The molecule has 0 atom stereocenters. The van der Waals surface area contributed by atoms with E-state index in [-0.39, 0.29) is 110 Å². The molecule has 0 unspecified atom stereocenters. The average molecular weight is 287 g/mol. The van der Waals surface area contributed by atoms with E-state index in [2.05, 4.69) is 0 Å². The molecule has 0 aliphatic carbocycles. The molecule has 0 rings (SSSR count). The zero-order valence-corrected chi connectivity index (χ0v) is 7.86. The first-order chi connectivity index (χ1) is 0. The van der Waals surface area contributed by atoms with Crippen LogP contribution in [0.3, 0.4) is 0 Å². The predicted molar refractivity (Wildman–Crippen MR) is 27.9 cm³/mol. The fourth-order valence-corrected chi connectivity index (χ4v) is 0. The Bertz CT molecular complexity index is 17.7. The van der Waals surface area contributed by atoms with Crippen molar-refractivity contribution in [3.63, 3.8) is 0 Å². The molecule has 0 radical (unpaired) electrons. The Morgan fingerprint density at radius 3 is 1.20 bits per heavy atom. The molecule has 0 saturated heterocycles. The summed E-state index contributed by atoms with van der Waals surface area (Å²) in [6, 6.07) is 0. The van der Waals surface area contributed by atoms with Gasteiger partial charge >= 0.3 is 48.9 Å². The van der Waals surface area contributed by atoms with Crippen LogP contribution >= 0.6 is 0 Å². The number of rotatable bonds is 0. The third-order valence-corrected chi connectivity index (χ3v) is 0. The molecule has 0 aromatic heterocycles. The van der Waals surface area contributed by atoms with Gasteiger partial charge in [-0.2, -0.15) is 0 Å². The molecule has 0 spiro atoms. The summed E-state index contributed by atoms with van der Waals surface area (Å²) in [5.74, 6) is 0. The zero-order chi connectivity index (χ0) is 0. The van der Waals surface area contributed by atoms with E-state index in [1.807, 2.05) is 0 Å². The van der Waals surface area contributed by atoms with E-state index in [0.717, 1.165) is 0 Å². The van der Waals surface area contributed by atoms with Crippen LogP contribution in [0, 0.1) is 0 Å². The van der Waals surface area contributed by atoms with Gasteiger partial charge in [-0.05, 0) is 0 Å². The van der Waals surface area contributed by atoms with Gasteiger partial charge in [0, 0.05) is 41.2 Å². The third kappa shape index (κ3) is 18.5. The van der Waals surface area contributed by atoms with Crippen molar-refractivity contribution in [2.45, 2.75) is 0 Å². The normalized spacial score (nSPS) is 0. The standard InChI is InChI=1S/Al.In.Mg.Ti.Zn.8H/q;;+2;;;;;;;;;2*-1. The Kier molecular flexibility index (Phi) is 202. The van der Waals surface area contributed by atoms with Gasteiger partial charge in [0.25, 0.3) is 0 Å². The molecule has 22 valence electrons. The van der Waals surface area contributed by atoms with Crippen LogP contribution in [0.15, 0.2) is 0 Å². The van der Waals surface area contributed by atoms with Crippen molar-refractivity contribution in [3.05, 3.63) is 0 Å². The Balaban J connectivity index is 0. The molecule has 0 aliphatic heterocycles. The van der Waals surface area contributed by atoms with Crippen LogP contribution in [0.1, 0.15) is 2.85 Å². The summed E-state index contributed by atoms with van der Waals surface area (Å²) in [5.41, 5.74) is 0. The first-order valence-corrected chi connectivity index (χ1v) is 0. The molecule has 0 nitrogen and oxygen atoms in total. The maximum absolute atomic E-state index is 0. The monoisotopic (exact) mass is 286 g/mol. The van der Waals surface area contributed by atoms with Gasteiger partial charge in [0.15, 0.2) is 17.4 Å². The fourth-order valence-electron chi connectivity index (χ4n) is 0. The van der Waals surface area contributed by atoms with Gasteiger partial charge in [-0.25, -0.2) is 0 Å². The SMILES string of the molecule is [AlH3].[H-].[H-].[InH3].[Mg+2].[Ti].[Zn]. The molecule has 0 heterocycles. The number of hydrogen-bond donors (Lipinski definition) is 0. The molecule has 0 N–H and O–H groups in total. The molecular weight excluding hydrogens is 279 g/mol. The largest absolute Gasteiger partial charge is 2.00 e. The topological polar surface area (TPSA) is 0 Å². The van der Waals surface area contributed by atoms with E-state index < -0.39 is 0 Å². The molecule has 0 amide bonds. The summed E-state index contributed by atoms with van der Waals surface area (Å²) < 4.78 is 0. The third-order valence-electron chi connectivity index (χ3n) is 0. The number of hydrogen-bond acceptors (Lipinski definition) is 0. The van der Waals surface area contributed by atoms with Crippen molar-refractivity contribution < 1.29 is 44.0 Å². The van der Waals surface area contributed by atoms with E-state index in [4.69, 9.17) is 0 Å². The second-order valence-corrected chi connectivity index (χ2v) is 0. The molecule has 0 saturated carbocycles. The van der Waals surface area contributed by atoms with Crippen LogP contribution in [0.4, 0.5) is 0 Å². The van der Waals surface area contributed by atoms with Gasteiger partial charge in [0.05, 0.1) is 0 Å². The van der Waals surface area contributed by atoms with E-state index in [0.29, 0.717) is 0 Å². The Labute approximate surface area is 108 Å². The van der Waals surface area contributed by atoms with Gasteiger partial charge in [-0.15, -0.1) is 0 Å². The molecule has 5 heteroatoms. The van der Waals surface area contributed by atoms with Crippen LogP contribution in [0.25, 0.3) is 0 Å². The molecule has 0 bridgehead atoms. The Morgan fingerprint density at radius 1 is 1.20 bits per heavy atom. The minimum Gasteiger partial charge on any atom is 0 e. The van der Waals surface area contributed by atoms with E-state index >= 15 is 0 Å². The summed E-state index contributed by atoms with van der Waals surface area (Å²) in [5, 5.41) is 0. The Morgan fingerprint density at radius 2 is 1.20 bits per heavy atom. The van der Waals surface area contributed by atoms with E-state index in [1.54, 1.807) is 0 Å². The Hall–Kier alpha value is 3.51. The van der Waals surface area contributed by atoms with Crippen molar-refractivity contribution in [3.8, 4) is 0 Å². The predicted octanol–water partition coefficient (Wildman–Crippen LogP) is -2.53. The van der Waals surface area contributed by atoms with Crippen molar-refractivity contribution in [2.75, 3.05) is 0 Å². The second-order valence-electron chi connectivity index (χ2n) is 0. The smallest absolute Gasteiger partial charge is 0 e. The van der Waals surface area contributed by atoms with Crippen LogP contribution in [-0.2, 0) is 41.2 Å². The van der Waals surface area contributed by atoms with Gasteiger partial charge in [0.1, 0.15) is 0 Å². The molecule has 0 fully saturated rings. The average Bonchev–Trinajstić information content (AvgIpc) is 0. The van der Waals surface area contributed by atoms with Crippen LogP contribution in [-0.4, -0.2) is 66.3 Å². The molecule has 0 aromatic carbocycles. The molecule has 5 heavy (non-hydrogen) atoms. The molecular formula is H8AlInMgTiZn. The van der Waals surface area contributed by atoms with Gasteiger partial charge < -0.3 is 2.85 Å². The first-order valence-electron chi connectivity index (χ1n) is 0. The summed E-state index contributed by atoms with van der Waals surface area (Å²) in [6.07, 6.45) is 0. The van der Waals surface area contributed by atoms with Crippen molar-refractivity contribution in [2.24, 2.45) is 0 Å². The maximum atomic E-state index is 0. The summed E-state index contributed by atoms with van der Waals surface area (Å²) in [6.45, 7) is 0. The van der Waals surface area contributed by atoms with E-state index in [1.165, 1.54) is 0 Å². The minimum atomic E-state index is 0. The van der Waals surface area contributed by atoms with Crippen LogP contribution in [0.2, 0.25) is 0 Å². The van der Waals surface area contributed by atoms with Gasteiger partial charge in [0.2, 0.25) is 0 Å². The van der Waals surface area contributed by atoms with E-state index in [9.17, 15) is 0 Å². The minimum absolute atomic E-state index is 0. The van der Waals surface area contributed by atoms with Crippen LogP contribution in [0.5, 0.6) is 0 Å². The van der Waals surface area contributed by atoms with Crippen molar-refractivity contribution in [1.29, 1.82) is 0 Å². The van der Waals surface area contributed by atoms with Crippen molar-refractivity contribution >= 4 is 66.3 Å². The van der Waals surface area contributed by atoms with Gasteiger partial charge in [-0.3, -0.25) is 0 Å². The first kappa shape index (κ1) is 39.0. The van der Waals surface area contributed by atoms with Crippen molar-refractivity contribution in [1.82, 2.24) is 0 Å². The quantitative estimate of drug-likeness (QED) is 0.431. The molecule has 0 aliphatic rings. The summed E-state index contributed by atoms with van der Waals surface area (Å²) in [7, 11) is 0. The second kappa shape index (κ2) is 25.8. The summed E-state index contributed by atoms with van der Waals surface area (Å²) >= 11 is 0. The maximum Gasteiger partial charge on any atom is 2.00 e. The summed E-state index contributed by atoms with van der Waals surface area (Å²) in [4.78, 5) is 0. The zero-order valence-electron chi connectivity index (χ0n) is 3.91. The van der Waals surface area contributed by atoms with Crippen LogP contribution < -0.4 is 0 Å². The fraction of sp³-hybridized carbons (Fsp3) is 0. The molecule has 0 aromatic rings.